The molecule has 2 aromatic rings. The number of Topliss-reactive ketones (excluding diaryl/α,β-unsaturated/α-hetero) is 1. The Morgan fingerprint density at radius 3 is 2.22 bits per heavy atom. The van der Waals surface area contributed by atoms with Crippen LogP contribution in [0.15, 0.2) is 60.7 Å². The Labute approximate surface area is 184 Å². The molecule has 1 heterocycles. The summed E-state index contributed by atoms with van der Waals surface area (Å²) in [5, 5.41) is 0. The molecule has 6 atom stereocenters. The molecule has 3 fully saturated rings. The third kappa shape index (κ3) is 2.65. The molecular weight excluding hydrogens is 406 g/mol. The number of imide groups is 1. The Hall–Kier alpha value is -3.54. The van der Waals surface area contributed by atoms with E-state index < -0.39 is 5.97 Å². The van der Waals surface area contributed by atoms with Crippen LogP contribution in [0, 0.1) is 35.5 Å². The smallest absolute Gasteiger partial charge is 0.343 e. The molecule has 32 heavy (non-hydrogen) atoms. The van der Waals surface area contributed by atoms with Crippen molar-refractivity contribution in [2.45, 2.75) is 13.3 Å². The van der Waals surface area contributed by atoms with Crippen LogP contribution in [0.25, 0.3) is 0 Å². The van der Waals surface area contributed by atoms with E-state index in [1.807, 2.05) is 0 Å². The molecule has 160 valence electrons. The fourth-order valence-electron chi connectivity index (χ4n) is 5.99. The molecule has 5 aliphatic rings. The number of carbonyl (C=O) groups excluding carboxylic acids is 4. The second-order valence-electron chi connectivity index (χ2n) is 9.16. The molecule has 2 bridgehead atoms. The lowest BCUT2D eigenvalue weighted by atomic mass is 9.63. The number of anilines is 1. The fraction of sp³-hybridized carbons (Fsp3) is 0.308. The minimum atomic E-state index is -0.653. The number of hydrogen-bond donors (Lipinski definition) is 0. The van der Waals surface area contributed by atoms with Crippen molar-refractivity contribution in [2.24, 2.45) is 35.5 Å². The SMILES string of the molecule is CC(=O)c1ccccc1OC(=O)c1cccc(N2C(=O)C3C4C=CC(C5CC45)C3C2=O)c1. The number of rotatable bonds is 4. The summed E-state index contributed by atoms with van der Waals surface area (Å²) in [4.78, 5) is 52.5. The van der Waals surface area contributed by atoms with Crippen LogP contribution in [-0.2, 0) is 9.59 Å². The highest BCUT2D eigenvalue weighted by molar-refractivity contribution is 6.23. The number of amides is 2. The molecular formula is C26H21NO5. The van der Waals surface area contributed by atoms with Gasteiger partial charge in [0.1, 0.15) is 5.75 Å². The molecule has 6 nitrogen and oxygen atoms in total. The first-order valence-electron chi connectivity index (χ1n) is 10.9. The zero-order valence-electron chi connectivity index (χ0n) is 17.4. The first-order valence-corrected chi connectivity index (χ1v) is 10.9. The lowest BCUT2D eigenvalue weighted by Gasteiger charge is -2.37. The van der Waals surface area contributed by atoms with Gasteiger partial charge in [-0.3, -0.25) is 14.4 Å². The Kier molecular flexibility index (Phi) is 4.03. The van der Waals surface area contributed by atoms with Crippen molar-refractivity contribution in [1.29, 1.82) is 0 Å². The van der Waals surface area contributed by atoms with Gasteiger partial charge in [-0.1, -0.05) is 30.4 Å². The number of allylic oxidation sites excluding steroid dienone is 2. The van der Waals surface area contributed by atoms with Gasteiger partial charge in [-0.2, -0.15) is 0 Å². The highest BCUT2D eigenvalue weighted by atomic mass is 16.5. The Balaban J connectivity index is 1.29. The van der Waals surface area contributed by atoms with Gasteiger partial charge in [-0.25, -0.2) is 9.69 Å². The van der Waals surface area contributed by atoms with E-state index in [9.17, 15) is 19.2 Å². The maximum atomic E-state index is 13.3. The van der Waals surface area contributed by atoms with E-state index in [0.717, 1.165) is 6.42 Å². The number of para-hydroxylation sites is 1. The Morgan fingerprint density at radius 2 is 1.56 bits per heavy atom. The number of esters is 1. The van der Waals surface area contributed by atoms with E-state index in [1.54, 1.807) is 42.5 Å². The van der Waals surface area contributed by atoms with Crippen LogP contribution in [0.1, 0.15) is 34.1 Å². The fourth-order valence-corrected chi connectivity index (χ4v) is 5.99. The monoisotopic (exact) mass is 427 g/mol. The van der Waals surface area contributed by atoms with E-state index in [4.69, 9.17) is 4.74 Å². The molecule has 2 amide bonds. The normalized spacial score (nSPS) is 31.3. The zero-order valence-corrected chi connectivity index (χ0v) is 17.4. The average Bonchev–Trinajstić information content (AvgIpc) is 3.57. The van der Waals surface area contributed by atoms with Gasteiger partial charge >= 0.3 is 5.97 Å². The number of carbonyl (C=O) groups is 4. The van der Waals surface area contributed by atoms with Gasteiger partial charge in [-0.15, -0.1) is 0 Å². The van der Waals surface area contributed by atoms with Gasteiger partial charge in [0.2, 0.25) is 11.8 Å². The molecule has 0 spiro atoms. The first kappa shape index (κ1) is 19.2. The molecule has 1 saturated heterocycles. The zero-order chi connectivity index (χ0) is 22.1. The number of benzene rings is 2. The molecule has 0 radical (unpaired) electrons. The number of ether oxygens (including phenoxy) is 1. The molecule has 6 unspecified atom stereocenters. The van der Waals surface area contributed by atoms with Gasteiger partial charge < -0.3 is 4.74 Å². The predicted molar refractivity (Wildman–Crippen MR) is 115 cm³/mol. The van der Waals surface area contributed by atoms with Crippen LogP contribution in [0.4, 0.5) is 5.69 Å². The molecule has 0 aromatic heterocycles. The van der Waals surface area contributed by atoms with E-state index in [-0.39, 0.29) is 52.6 Å². The highest BCUT2D eigenvalue weighted by Crippen LogP contribution is 2.65. The first-order chi connectivity index (χ1) is 15.5. The molecule has 0 N–H and O–H groups in total. The summed E-state index contributed by atoms with van der Waals surface area (Å²) < 4.78 is 5.46. The third-order valence-corrected chi connectivity index (χ3v) is 7.47. The van der Waals surface area contributed by atoms with Crippen molar-refractivity contribution in [1.82, 2.24) is 0 Å². The van der Waals surface area contributed by atoms with Crippen LogP contribution in [-0.4, -0.2) is 23.6 Å². The Bertz CT molecular complexity index is 1190. The lowest BCUT2D eigenvalue weighted by Crippen LogP contribution is -2.40. The summed E-state index contributed by atoms with van der Waals surface area (Å²) in [6.07, 6.45) is 5.38. The second kappa shape index (κ2) is 6.73. The van der Waals surface area contributed by atoms with Crippen LogP contribution < -0.4 is 9.64 Å². The van der Waals surface area contributed by atoms with Crippen molar-refractivity contribution in [3.63, 3.8) is 0 Å². The lowest BCUT2D eigenvalue weighted by molar-refractivity contribution is -0.124. The molecule has 2 saturated carbocycles. The summed E-state index contributed by atoms with van der Waals surface area (Å²) in [7, 11) is 0. The summed E-state index contributed by atoms with van der Waals surface area (Å²) in [5.74, 6) is -0.250. The van der Waals surface area contributed by atoms with E-state index >= 15 is 0 Å². The summed E-state index contributed by atoms with van der Waals surface area (Å²) >= 11 is 0. The van der Waals surface area contributed by atoms with Crippen LogP contribution >= 0.6 is 0 Å². The summed E-state index contributed by atoms with van der Waals surface area (Å²) in [6, 6.07) is 12.9. The number of nitrogens with zero attached hydrogens (tertiary/aromatic N) is 1. The maximum absolute atomic E-state index is 13.3. The van der Waals surface area contributed by atoms with Crippen molar-refractivity contribution in [3.8, 4) is 5.75 Å². The average molecular weight is 427 g/mol. The molecule has 4 aliphatic carbocycles. The minimum Gasteiger partial charge on any atom is -0.422 e. The topological polar surface area (TPSA) is 80.8 Å². The van der Waals surface area contributed by atoms with Gasteiger partial charge in [0.05, 0.1) is 28.7 Å². The molecule has 1 aliphatic heterocycles. The van der Waals surface area contributed by atoms with Crippen LogP contribution in [0.2, 0.25) is 0 Å². The molecule has 2 aromatic carbocycles. The van der Waals surface area contributed by atoms with E-state index in [1.165, 1.54) is 17.9 Å². The molecule has 6 heteroatoms. The number of hydrogen-bond acceptors (Lipinski definition) is 5. The summed E-state index contributed by atoms with van der Waals surface area (Å²) in [5.41, 5.74) is 0.907. The van der Waals surface area contributed by atoms with Crippen LogP contribution in [0.5, 0.6) is 5.75 Å². The third-order valence-electron chi connectivity index (χ3n) is 7.47. The highest BCUT2D eigenvalue weighted by Gasteiger charge is 2.67. The van der Waals surface area contributed by atoms with E-state index in [0.29, 0.717) is 23.1 Å². The minimum absolute atomic E-state index is 0.146. The maximum Gasteiger partial charge on any atom is 0.343 e. The van der Waals surface area contributed by atoms with Gasteiger partial charge in [0.25, 0.3) is 0 Å². The van der Waals surface area contributed by atoms with Gasteiger partial charge in [-0.05, 0) is 67.3 Å². The van der Waals surface area contributed by atoms with Crippen molar-refractivity contribution >= 4 is 29.3 Å². The van der Waals surface area contributed by atoms with Gasteiger partial charge in [0, 0.05) is 0 Å². The standard InChI is InChI=1S/C26H21NO5/c1-13(28)16-7-2-3-8-21(16)32-26(31)14-5-4-6-15(11-14)27-24(29)22-17-9-10-18(20-12-19(17)20)23(22)25(27)30/h2-11,17-20,22-23H,12H2,1H3. The quantitative estimate of drug-likeness (QED) is 0.245. The predicted octanol–water partition coefficient (Wildman–Crippen LogP) is 3.67. The largest absolute Gasteiger partial charge is 0.422 e. The van der Waals surface area contributed by atoms with E-state index in [2.05, 4.69) is 12.2 Å². The second-order valence-corrected chi connectivity index (χ2v) is 9.16. The van der Waals surface area contributed by atoms with Crippen molar-refractivity contribution in [2.75, 3.05) is 4.90 Å². The van der Waals surface area contributed by atoms with Gasteiger partial charge in [0.15, 0.2) is 5.78 Å². The Morgan fingerprint density at radius 1 is 0.906 bits per heavy atom. The van der Waals surface area contributed by atoms with Crippen molar-refractivity contribution < 1.29 is 23.9 Å². The molecule has 7 rings (SSSR count). The van der Waals surface area contributed by atoms with Crippen molar-refractivity contribution in [3.05, 3.63) is 71.8 Å². The summed E-state index contributed by atoms with van der Waals surface area (Å²) in [6.45, 7) is 1.41. The number of ketones is 1. The van der Waals surface area contributed by atoms with Crippen LogP contribution in [0.3, 0.4) is 0 Å².